The lowest BCUT2D eigenvalue weighted by Gasteiger charge is -2.11. The van der Waals surface area contributed by atoms with E-state index in [1.165, 1.54) is 11.8 Å². The van der Waals surface area contributed by atoms with E-state index in [0.29, 0.717) is 31.7 Å². The molecular formula is C21H26N2O4S. The van der Waals surface area contributed by atoms with Gasteiger partial charge in [-0.15, -0.1) is 11.8 Å². The van der Waals surface area contributed by atoms with Crippen molar-refractivity contribution in [3.63, 3.8) is 0 Å². The summed E-state index contributed by atoms with van der Waals surface area (Å²) in [7, 11) is 3.22. The summed E-state index contributed by atoms with van der Waals surface area (Å²) in [5, 5.41) is 5.71. The first-order valence-corrected chi connectivity index (χ1v) is 10.0. The van der Waals surface area contributed by atoms with Crippen LogP contribution in [-0.4, -0.2) is 51.5 Å². The lowest BCUT2D eigenvalue weighted by Crippen LogP contribution is -2.29. The smallest absolute Gasteiger partial charge is 0.252 e. The van der Waals surface area contributed by atoms with Crippen LogP contribution in [0.25, 0.3) is 0 Å². The van der Waals surface area contributed by atoms with Crippen molar-refractivity contribution in [3.8, 4) is 5.75 Å². The van der Waals surface area contributed by atoms with E-state index in [4.69, 9.17) is 9.47 Å². The highest BCUT2D eigenvalue weighted by Crippen LogP contribution is 2.22. The summed E-state index contributed by atoms with van der Waals surface area (Å²) in [4.78, 5) is 25.2. The largest absolute Gasteiger partial charge is 0.496 e. The fourth-order valence-electron chi connectivity index (χ4n) is 2.58. The van der Waals surface area contributed by atoms with E-state index in [1.54, 1.807) is 20.3 Å². The molecule has 2 aromatic rings. The number of hydrogen-bond acceptors (Lipinski definition) is 5. The van der Waals surface area contributed by atoms with Gasteiger partial charge in [-0.25, -0.2) is 0 Å². The van der Waals surface area contributed by atoms with E-state index in [1.807, 2.05) is 42.5 Å². The van der Waals surface area contributed by atoms with E-state index in [2.05, 4.69) is 10.6 Å². The predicted molar refractivity (Wildman–Crippen MR) is 111 cm³/mol. The zero-order chi connectivity index (χ0) is 20.2. The first-order chi connectivity index (χ1) is 13.7. The maximum Gasteiger partial charge on any atom is 0.252 e. The summed E-state index contributed by atoms with van der Waals surface area (Å²) in [6, 6.07) is 15.0. The molecule has 2 amide bonds. The predicted octanol–water partition coefficient (Wildman–Crippen LogP) is 2.52. The van der Waals surface area contributed by atoms with Crippen molar-refractivity contribution in [1.82, 2.24) is 10.6 Å². The number of amides is 2. The average Bonchev–Trinajstić information content (AvgIpc) is 2.73. The van der Waals surface area contributed by atoms with E-state index in [0.717, 1.165) is 16.2 Å². The van der Waals surface area contributed by atoms with Crippen LogP contribution in [0.1, 0.15) is 15.9 Å². The van der Waals surface area contributed by atoms with Crippen molar-refractivity contribution < 1.29 is 19.1 Å². The molecule has 0 saturated heterocycles. The van der Waals surface area contributed by atoms with Gasteiger partial charge in [0.15, 0.2) is 0 Å². The highest BCUT2D eigenvalue weighted by Gasteiger charge is 2.13. The minimum atomic E-state index is -0.155. The normalized spacial score (nSPS) is 10.4. The Bertz CT molecular complexity index is 783. The van der Waals surface area contributed by atoms with Crippen molar-refractivity contribution in [2.45, 2.75) is 11.3 Å². The molecule has 0 bridgehead atoms. The number of methoxy groups -OCH3 is 2. The van der Waals surface area contributed by atoms with Crippen LogP contribution >= 0.6 is 11.8 Å². The highest BCUT2D eigenvalue weighted by molar-refractivity contribution is 8.00. The van der Waals surface area contributed by atoms with E-state index >= 15 is 0 Å². The zero-order valence-electron chi connectivity index (χ0n) is 16.2. The number of nitrogens with one attached hydrogen (secondary N) is 2. The molecule has 0 aliphatic rings. The molecule has 0 atom stereocenters. The lowest BCUT2D eigenvalue weighted by molar-refractivity contribution is -0.118. The molecule has 0 aromatic heterocycles. The number of ether oxygens (including phenoxy) is 2. The molecule has 2 rings (SSSR count). The summed E-state index contributed by atoms with van der Waals surface area (Å²) in [6.07, 6.45) is 0.674. The summed E-state index contributed by atoms with van der Waals surface area (Å²) in [5.74, 6) is 0.813. The van der Waals surface area contributed by atoms with Gasteiger partial charge in [0.2, 0.25) is 5.91 Å². The molecule has 150 valence electrons. The summed E-state index contributed by atoms with van der Waals surface area (Å²) >= 11 is 1.34. The Morgan fingerprint density at radius 1 is 0.964 bits per heavy atom. The number of hydrogen-bond donors (Lipinski definition) is 2. The summed E-state index contributed by atoms with van der Waals surface area (Å²) in [5.41, 5.74) is 1.61. The Morgan fingerprint density at radius 2 is 1.71 bits per heavy atom. The number of thioether (sulfide) groups is 1. The topological polar surface area (TPSA) is 76.7 Å². The third-order valence-corrected chi connectivity index (χ3v) is 5.06. The van der Waals surface area contributed by atoms with Gasteiger partial charge in [-0.05, 0) is 30.2 Å². The minimum absolute atomic E-state index is 0.0894. The maximum atomic E-state index is 12.6. The van der Waals surface area contributed by atoms with Crippen molar-refractivity contribution >= 4 is 23.6 Å². The molecule has 2 aromatic carbocycles. The van der Waals surface area contributed by atoms with Gasteiger partial charge in [-0.1, -0.05) is 30.3 Å². The van der Waals surface area contributed by atoms with Crippen molar-refractivity contribution in [3.05, 3.63) is 59.7 Å². The standard InChI is InChI=1S/C21H26N2O4S/c1-26-14-13-22-20(24)15-28-19-10-6-4-8-17(19)21(25)23-12-11-16-7-3-5-9-18(16)27-2/h3-10H,11-15H2,1-2H3,(H,22,24)(H,23,25). The van der Waals surface area contributed by atoms with Crippen molar-refractivity contribution in [1.29, 1.82) is 0 Å². The SMILES string of the molecule is COCCNC(=O)CSc1ccccc1C(=O)NCCc1ccccc1OC. The second-order valence-corrected chi connectivity index (χ2v) is 6.96. The number of rotatable bonds is 11. The molecule has 7 heteroatoms. The van der Waals surface area contributed by atoms with Crippen LogP contribution in [0, 0.1) is 0 Å². The van der Waals surface area contributed by atoms with E-state index in [9.17, 15) is 9.59 Å². The van der Waals surface area contributed by atoms with Crippen LogP contribution in [0.5, 0.6) is 5.75 Å². The number of carbonyl (C=O) groups excluding carboxylic acids is 2. The lowest BCUT2D eigenvalue weighted by atomic mass is 10.1. The summed E-state index contributed by atoms with van der Waals surface area (Å²) in [6.45, 7) is 1.44. The first kappa shape index (κ1) is 21.8. The first-order valence-electron chi connectivity index (χ1n) is 9.03. The minimum Gasteiger partial charge on any atom is -0.496 e. The molecule has 0 fully saturated rings. The molecule has 0 aliphatic heterocycles. The van der Waals surface area contributed by atoms with Crippen LogP contribution in [0.4, 0.5) is 0 Å². The fraction of sp³-hybridized carbons (Fsp3) is 0.333. The van der Waals surface area contributed by atoms with Crippen LogP contribution in [0.2, 0.25) is 0 Å². The Morgan fingerprint density at radius 3 is 2.50 bits per heavy atom. The fourth-order valence-corrected chi connectivity index (χ4v) is 3.46. The zero-order valence-corrected chi connectivity index (χ0v) is 17.0. The Balaban J connectivity index is 1.88. The van der Waals surface area contributed by atoms with Crippen LogP contribution < -0.4 is 15.4 Å². The number of para-hydroxylation sites is 1. The third-order valence-electron chi connectivity index (χ3n) is 3.99. The Labute approximate surface area is 170 Å². The molecule has 0 radical (unpaired) electrons. The van der Waals surface area contributed by atoms with Gasteiger partial charge in [0.1, 0.15) is 5.75 Å². The van der Waals surface area contributed by atoms with E-state index < -0.39 is 0 Å². The Kier molecular flexibility index (Phi) is 9.37. The van der Waals surface area contributed by atoms with Gasteiger partial charge < -0.3 is 20.1 Å². The van der Waals surface area contributed by atoms with Crippen LogP contribution in [0.3, 0.4) is 0 Å². The van der Waals surface area contributed by atoms with Crippen LogP contribution in [-0.2, 0) is 16.0 Å². The molecular weight excluding hydrogens is 376 g/mol. The molecule has 28 heavy (non-hydrogen) atoms. The van der Waals surface area contributed by atoms with Crippen molar-refractivity contribution in [2.24, 2.45) is 0 Å². The van der Waals surface area contributed by atoms with Crippen molar-refractivity contribution in [2.75, 3.05) is 39.7 Å². The van der Waals surface area contributed by atoms with Gasteiger partial charge in [-0.3, -0.25) is 9.59 Å². The third kappa shape index (κ3) is 6.90. The number of carbonyl (C=O) groups is 2. The quantitative estimate of drug-likeness (QED) is 0.446. The molecule has 2 N–H and O–H groups in total. The molecule has 6 nitrogen and oxygen atoms in total. The summed E-state index contributed by atoms with van der Waals surface area (Å²) < 4.78 is 10.2. The molecule has 0 aliphatic carbocycles. The monoisotopic (exact) mass is 402 g/mol. The van der Waals surface area contributed by atoms with Gasteiger partial charge >= 0.3 is 0 Å². The van der Waals surface area contributed by atoms with Gasteiger partial charge in [0.05, 0.1) is 25.0 Å². The van der Waals surface area contributed by atoms with Gasteiger partial charge in [0.25, 0.3) is 5.91 Å². The number of benzene rings is 2. The second kappa shape index (κ2) is 12.0. The van der Waals surface area contributed by atoms with Crippen LogP contribution in [0.15, 0.2) is 53.4 Å². The molecule has 0 unspecified atom stereocenters. The molecule has 0 heterocycles. The van der Waals surface area contributed by atoms with E-state index in [-0.39, 0.29) is 17.6 Å². The molecule has 0 spiro atoms. The van der Waals surface area contributed by atoms with Gasteiger partial charge in [0, 0.05) is 25.1 Å². The molecule has 0 saturated carbocycles. The Hall–Kier alpha value is -2.51. The highest BCUT2D eigenvalue weighted by atomic mass is 32.2. The maximum absolute atomic E-state index is 12.6. The van der Waals surface area contributed by atoms with Gasteiger partial charge in [-0.2, -0.15) is 0 Å². The second-order valence-electron chi connectivity index (χ2n) is 5.95. The average molecular weight is 403 g/mol.